The third kappa shape index (κ3) is 2.77. The summed E-state index contributed by atoms with van der Waals surface area (Å²) in [6, 6.07) is 20.6. The highest BCUT2D eigenvalue weighted by molar-refractivity contribution is 5.89. The van der Waals surface area contributed by atoms with Crippen LogP contribution in [0.1, 0.15) is 0 Å². The lowest BCUT2D eigenvalue weighted by molar-refractivity contribution is 0.487. The summed E-state index contributed by atoms with van der Waals surface area (Å²) in [5.41, 5.74) is 2.57. The number of rotatable bonds is 3. The lowest BCUT2D eigenvalue weighted by atomic mass is 10.0. The van der Waals surface area contributed by atoms with Crippen LogP contribution >= 0.6 is 0 Å². The fraction of sp³-hybridized carbons (Fsp3) is 0. The molecule has 0 saturated carbocycles. The number of H-pyrrole nitrogens is 1. The van der Waals surface area contributed by atoms with Crippen molar-refractivity contribution in [3.8, 4) is 22.6 Å². The fourth-order valence-electron chi connectivity index (χ4n) is 2.64. The van der Waals surface area contributed by atoms with Crippen molar-refractivity contribution < 1.29 is 4.74 Å². The van der Waals surface area contributed by atoms with Crippen molar-refractivity contribution in [2.45, 2.75) is 0 Å². The van der Waals surface area contributed by atoms with Crippen LogP contribution < -0.4 is 10.3 Å². The number of aromatic amines is 1. The molecule has 0 aliphatic heterocycles. The van der Waals surface area contributed by atoms with Gasteiger partial charge in [-0.3, -0.25) is 9.78 Å². The van der Waals surface area contributed by atoms with Crippen molar-refractivity contribution in [1.82, 2.24) is 9.97 Å². The number of ether oxygens (including phenoxy) is 1. The molecule has 1 N–H and O–H groups in total. The molecule has 0 amide bonds. The van der Waals surface area contributed by atoms with Gasteiger partial charge in [0.05, 0.1) is 5.52 Å². The quantitative estimate of drug-likeness (QED) is 0.610. The summed E-state index contributed by atoms with van der Waals surface area (Å²) in [6.45, 7) is 0. The zero-order valence-electron chi connectivity index (χ0n) is 12.8. The molecule has 0 spiro atoms. The SMILES string of the molecule is O=c1cc(Oc2ccccc2)c2cc(-c3cccnc3)ccc2[nH]1. The number of fused-ring (bicyclic) bond motifs is 1. The Bertz CT molecular complexity index is 1040. The maximum Gasteiger partial charge on any atom is 0.252 e. The maximum atomic E-state index is 11.9. The Kier molecular flexibility index (Phi) is 3.56. The van der Waals surface area contributed by atoms with Gasteiger partial charge in [-0.05, 0) is 35.9 Å². The van der Waals surface area contributed by atoms with Crippen LogP contribution in [-0.2, 0) is 0 Å². The van der Waals surface area contributed by atoms with E-state index in [4.69, 9.17) is 4.74 Å². The minimum atomic E-state index is -0.192. The Morgan fingerprint density at radius 2 is 1.75 bits per heavy atom. The average molecular weight is 314 g/mol. The fourth-order valence-corrected chi connectivity index (χ4v) is 2.64. The van der Waals surface area contributed by atoms with Gasteiger partial charge in [-0.2, -0.15) is 0 Å². The molecule has 4 nitrogen and oxygen atoms in total. The Morgan fingerprint density at radius 3 is 2.54 bits per heavy atom. The third-order valence-electron chi connectivity index (χ3n) is 3.77. The van der Waals surface area contributed by atoms with Gasteiger partial charge in [-0.25, -0.2) is 0 Å². The van der Waals surface area contributed by atoms with E-state index in [1.807, 2.05) is 66.9 Å². The van der Waals surface area contributed by atoms with Gasteiger partial charge in [-0.1, -0.05) is 30.3 Å². The molecule has 0 aliphatic carbocycles. The first-order valence-corrected chi connectivity index (χ1v) is 7.60. The smallest absolute Gasteiger partial charge is 0.252 e. The monoisotopic (exact) mass is 314 g/mol. The highest BCUT2D eigenvalue weighted by Gasteiger charge is 2.08. The van der Waals surface area contributed by atoms with Crippen molar-refractivity contribution in [3.05, 3.63) is 89.5 Å². The van der Waals surface area contributed by atoms with E-state index in [0.717, 1.165) is 22.0 Å². The molecule has 4 rings (SSSR count). The summed E-state index contributed by atoms with van der Waals surface area (Å²) < 4.78 is 5.93. The molecule has 0 unspecified atom stereocenters. The minimum absolute atomic E-state index is 0.192. The van der Waals surface area contributed by atoms with Gasteiger partial charge in [-0.15, -0.1) is 0 Å². The van der Waals surface area contributed by atoms with Gasteiger partial charge in [0.15, 0.2) is 0 Å². The molecule has 0 atom stereocenters. The topological polar surface area (TPSA) is 55.0 Å². The number of nitrogens with one attached hydrogen (secondary N) is 1. The predicted molar refractivity (Wildman–Crippen MR) is 94.3 cm³/mol. The second kappa shape index (κ2) is 6.01. The molecule has 2 aromatic carbocycles. The number of nitrogens with zero attached hydrogens (tertiary/aromatic N) is 1. The normalized spacial score (nSPS) is 10.7. The molecule has 2 aromatic heterocycles. The van der Waals surface area contributed by atoms with E-state index in [-0.39, 0.29) is 5.56 Å². The number of hydrogen-bond acceptors (Lipinski definition) is 3. The van der Waals surface area contributed by atoms with Crippen molar-refractivity contribution in [3.63, 3.8) is 0 Å². The maximum absolute atomic E-state index is 11.9. The number of pyridine rings is 2. The van der Waals surface area contributed by atoms with Crippen LogP contribution in [0, 0.1) is 0 Å². The Balaban J connectivity index is 1.87. The third-order valence-corrected chi connectivity index (χ3v) is 3.77. The van der Waals surface area contributed by atoms with E-state index in [1.165, 1.54) is 6.07 Å². The lowest BCUT2D eigenvalue weighted by Crippen LogP contribution is -2.04. The predicted octanol–water partition coefficient (Wildman–Crippen LogP) is 4.38. The van der Waals surface area contributed by atoms with Gasteiger partial charge in [0.1, 0.15) is 11.5 Å². The first-order chi connectivity index (χ1) is 11.8. The molecule has 4 heteroatoms. The summed E-state index contributed by atoms with van der Waals surface area (Å²) in [5, 5.41) is 0.847. The molecule has 0 radical (unpaired) electrons. The van der Waals surface area contributed by atoms with Crippen molar-refractivity contribution in [2.24, 2.45) is 0 Å². The van der Waals surface area contributed by atoms with Crippen molar-refractivity contribution in [1.29, 1.82) is 0 Å². The van der Waals surface area contributed by atoms with Gasteiger partial charge >= 0.3 is 0 Å². The molecule has 0 saturated heterocycles. The number of para-hydroxylation sites is 1. The Morgan fingerprint density at radius 1 is 0.875 bits per heavy atom. The highest BCUT2D eigenvalue weighted by Crippen LogP contribution is 2.30. The molecule has 116 valence electrons. The van der Waals surface area contributed by atoms with Gasteiger partial charge in [0.2, 0.25) is 0 Å². The molecule has 0 fully saturated rings. The summed E-state index contributed by atoms with van der Waals surface area (Å²) in [6.07, 6.45) is 3.55. The zero-order chi connectivity index (χ0) is 16.4. The minimum Gasteiger partial charge on any atom is -0.456 e. The molecule has 0 bridgehead atoms. The van der Waals surface area contributed by atoms with Gasteiger partial charge in [0.25, 0.3) is 5.56 Å². The number of benzene rings is 2. The van der Waals surface area contributed by atoms with E-state index >= 15 is 0 Å². The van der Waals surface area contributed by atoms with Gasteiger partial charge < -0.3 is 9.72 Å². The van der Waals surface area contributed by atoms with Crippen molar-refractivity contribution >= 4 is 10.9 Å². The van der Waals surface area contributed by atoms with Crippen LogP contribution in [0.4, 0.5) is 0 Å². The standard InChI is InChI=1S/C20H14N2O2/c23-20-12-19(24-16-6-2-1-3-7-16)17-11-14(8-9-18(17)22-20)15-5-4-10-21-13-15/h1-13H,(H,22,23). The molecule has 24 heavy (non-hydrogen) atoms. The molecule has 0 aliphatic rings. The van der Waals surface area contributed by atoms with E-state index in [9.17, 15) is 4.79 Å². The van der Waals surface area contributed by atoms with Gasteiger partial charge in [0, 0.05) is 29.4 Å². The summed E-state index contributed by atoms with van der Waals surface area (Å²) in [4.78, 5) is 18.9. The van der Waals surface area contributed by atoms with Crippen LogP contribution in [0.2, 0.25) is 0 Å². The number of hydrogen-bond donors (Lipinski definition) is 1. The molecule has 2 heterocycles. The van der Waals surface area contributed by atoms with Crippen molar-refractivity contribution in [2.75, 3.05) is 0 Å². The van der Waals surface area contributed by atoms with Crippen LogP contribution in [0.3, 0.4) is 0 Å². The summed E-state index contributed by atoms with van der Waals surface area (Å²) in [5.74, 6) is 1.22. The van der Waals surface area contributed by atoms with E-state index in [0.29, 0.717) is 11.5 Å². The van der Waals surface area contributed by atoms with Crippen LogP contribution in [-0.4, -0.2) is 9.97 Å². The largest absolute Gasteiger partial charge is 0.456 e. The number of aromatic nitrogens is 2. The van der Waals surface area contributed by atoms with Crippen LogP contribution in [0.5, 0.6) is 11.5 Å². The second-order valence-corrected chi connectivity index (χ2v) is 5.42. The van der Waals surface area contributed by atoms with E-state index in [1.54, 1.807) is 6.20 Å². The average Bonchev–Trinajstić information content (AvgIpc) is 2.63. The molecular formula is C20H14N2O2. The van der Waals surface area contributed by atoms with Crippen LogP contribution in [0.15, 0.2) is 83.9 Å². The molecule has 4 aromatic rings. The lowest BCUT2D eigenvalue weighted by Gasteiger charge is -2.10. The highest BCUT2D eigenvalue weighted by atomic mass is 16.5. The van der Waals surface area contributed by atoms with Crippen LogP contribution in [0.25, 0.3) is 22.0 Å². The first-order valence-electron chi connectivity index (χ1n) is 7.60. The first kappa shape index (κ1) is 14.2. The Labute approximate surface area is 138 Å². The zero-order valence-corrected chi connectivity index (χ0v) is 12.8. The molecular weight excluding hydrogens is 300 g/mol. The summed E-state index contributed by atoms with van der Waals surface area (Å²) in [7, 11) is 0. The Hall–Kier alpha value is -3.40. The van der Waals surface area contributed by atoms with E-state index in [2.05, 4.69) is 9.97 Å². The van der Waals surface area contributed by atoms with E-state index < -0.39 is 0 Å². The second-order valence-electron chi connectivity index (χ2n) is 5.42. The summed E-state index contributed by atoms with van der Waals surface area (Å²) >= 11 is 0.